The van der Waals surface area contributed by atoms with Gasteiger partial charge in [0.2, 0.25) is 0 Å². The molecule has 1 aromatic rings. The van der Waals surface area contributed by atoms with Crippen molar-refractivity contribution in [2.45, 2.75) is 58.5 Å². The van der Waals surface area contributed by atoms with Crippen LogP contribution in [0.5, 0.6) is 0 Å². The lowest BCUT2D eigenvalue weighted by Crippen LogP contribution is -2.38. The highest BCUT2D eigenvalue weighted by Gasteiger charge is 2.25. The average molecular weight is 324 g/mol. The van der Waals surface area contributed by atoms with Crippen molar-refractivity contribution < 1.29 is 0 Å². The maximum Gasteiger partial charge on any atom is 0.0320 e. The maximum atomic E-state index is 3.89. The van der Waals surface area contributed by atoms with Gasteiger partial charge in [0.1, 0.15) is 0 Å². The van der Waals surface area contributed by atoms with Crippen LogP contribution >= 0.6 is 15.9 Å². The zero-order chi connectivity index (χ0) is 13.8. The van der Waals surface area contributed by atoms with Crippen molar-refractivity contribution >= 4 is 15.9 Å². The van der Waals surface area contributed by atoms with Gasteiger partial charge in [-0.1, -0.05) is 48.8 Å². The number of hydrogen-bond donors (Lipinski definition) is 1. The van der Waals surface area contributed by atoms with E-state index in [0.717, 1.165) is 22.7 Å². The normalized spacial score (nSPS) is 29.2. The third-order valence-electron chi connectivity index (χ3n) is 4.30. The monoisotopic (exact) mass is 323 g/mol. The Kier molecular flexibility index (Phi) is 5.47. The fourth-order valence-electron chi connectivity index (χ4n) is 3.51. The molecule has 1 N–H and O–H groups in total. The quantitative estimate of drug-likeness (QED) is 0.791. The summed E-state index contributed by atoms with van der Waals surface area (Å²) in [7, 11) is 0. The number of benzene rings is 1. The Morgan fingerprint density at radius 3 is 2.21 bits per heavy atom. The van der Waals surface area contributed by atoms with Crippen LogP contribution in [0.1, 0.15) is 58.1 Å². The molecule has 0 spiro atoms. The highest BCUT2D eigenvalue weighted by atomic mass is 79.9. The third-order valence-corrected chi connectivity index (χ3v) is 4.82. The molecule has 19 heavy (non-hydrogen) atoms. The lowest BCUT2D eigenvalue weighted by atomic mass is 9.80. The Bertz CT molecular complexity index is 377. The third kappa shape index (κ3) is 4.32. The van der Waals surface area contributed by atoms with E-state index in [1.54, 1.807) is 0 Å². The maximum absolute atomic E-state index is 3.89. The second-order valence-electron chi connectivity index (χ2n) is 6.29. The number of hydrogen-bond acceptors (Lipinski definition) is 1. The second kappa shape index (κ2) is 6.90. The smallest absolute Gasteiger partial charge is 0.0320 e. The molecule has 1 aliphatic carbocycles. The molecule has 1 aromatic carbocycles. The first kappa shape index (κ1) is 15.1. The molecule has 1 fully saturated rings. The molecule has 0 amide bonds. The van der Waals surface area contributed by atoms with Crippen molar-refractivity contribution in [3.8, 4) is 0 Å². The van der Waals surface area contributed by atoms with Gasteiger partial charge in [-0.05, 0) is 55.2 Å². The minimum Gasteiger partial charge on any atom is -0.307 e. The van der Waals surface area contributed by atoms with Gasteiger partial charge < -0.3 is 5.32 Å². The molecule has 0 saturated heterocycles. The van der Waals surface area contributed by atoms with Crippen molar-refractivity contribution in [2.75, 3.05) is 0 Å². The number of rotatable bonds is 4. The molecule has 3 unspecified atom stereocenters. The minimum absolute atomic E-state index is 0.496. The molecule has 0 radical (unpaired) electrons. The van der Waals surface area contributed by atoms with Gasteiger partial charge in [0.05, 0.1) is 0 Å². The number of nitrogens with one attached hydrogen (secondary N) is 1. The van der Waals surface area contributed by atoms with Crippen LogP contribution in [-0.4, -0.2) is 6.04 Å². The van der Waals surface area contributed by atoms with E-state index in [-0.39, 0.29) is 0 Å². The molecule has 1 saturated carbocycles. The summed E-state index contributed by atoms with van der Waals surface area (Å²) in [5.74, 6) is 1.73. The Morgan fingerprint density at radius 2 is 1.68 bits per heavy atom. The van der Waals surface area contributed by atoms with Crippen LogP contribution in [0.15, 0.2) is 28.7 Å². The second-order valence-corrected chi connectivity index (χ2v) is 7.21. The van der Waals surface area contributed by atoms with Crippen LogP contribution in [0.3, 0.4) is 0 Å². The zero-order valence-corrected chi connectivity index (χ0v) is 13.9. The van der Waals surface area contributed by atoms with Crippen LogP contribution in [0, 0.1) is 11.8 Å². The largest absolute Gasteiger partial charge is 0.307 e. The van der Waals surface area contributed by atoms with Gasteiger partial charge in [0.25, 0.3) is 0 Å². The van der Waals surface area contributed by atoms with E-state index in [4.69, 9.17) is 0 Å². The van der Waals surface area contributed by atoms with Gasteiger partial charge in [-0.15, -0.1) is 0 Å². The summed E-state index contributed by atoms with van der Waals surface area (Å²) in [5.41, 5.74) is 1.41. The molecule has 0 aliphatic heterocycles. The number of halogens is 1. The van der Waals surface area contributed by atoms with E-state index < -0.39 is 0 Å². The highest BCUT2D eigenvalue weighted by molar-refractivity contribution is 9.10. The van der Waals surface area contributed by atoms with Gasteiger partial charge in [0.15, 0.2) is 0 Å². The van der Waals surface area contributed by atoms with Crippen LogP contribution in [0.4, 0.5) is 0 Å². The van der Waals surface area contributed by atoms with Gasteiger partial charge in [0, 0.05) is 16.6 Å². The molecule has 0 bridgehead atoms. The average Bonchev–Trinajstić information content (AvgIpc) is 2.36. The van der Waals surface area contributed by atoms with Crippen molar-refractivity contribution in [2.24, 2.45) is 11.8 Å². The molecular weight excluding hydrogens is 298 g/mol. The summed E-state index contributed by atoms with van der Waals surface area (Å²) in [6.45, 7) is 7.06. The van der Waals surface area contributed by atoms with Crippen molar-refractivity contribution in [3.63, 3.8) is 0 Å². The van der Waals surface area contributed by atoms with Gasteiger partial charge >= 0.3 is 0 Å². The summed E-state index contributed by atoms with van der Waals surface area (Å²) in [5, 5.41) is 3.89. The fraction of sp³-hybridized carbons (Fsp3) is 0.647. The molecular formula is C17H26BrN. The molecule has 0 aromatic heterocycles. The van der Waals surface area contributed by atoms with Crippen molar-refractivity contribution in [1.82, 2.24) is 5.32 Å². The summed E-state index contributed by atoms with van der Waals surface area (Å²) < 4.78 is 1.16. The lowest BCUT2D eigenvalue weighted by molar-refractivity contribution is 0.224. The topological polar surface area (TPSA) is 12.0 Å². The molecule has 3 atom stereocenters. The Hall–Kier alpha value is -0.340. The molecule has 1 nitrogen and oxygen atoms in total. The van der Waals surface area contributed by atoms with Crippen LogP contribution < -0.4 is 5.32 Å². The van der Waals surface area contributed by atoms with E-state index in [9.17, 15) is 0 Å². The highest BCUT2D eigenvalue weighted by Crippen LogP contribution is 2.30. The molecule has 0 heterocycles. The molecule has 2 rings (SSSR count). The summed E-state index contributed by atoms with van der Waals surface area (Å²) in [6.07, 6.45) is 5.21. The first-order chi connectivity index (χ1) is 9.08. The lowest BCUT2D eigenvalue weighted by Gasteiger charge is -2.34. The van der Waals surface area contributed by atoms with Crippen molar-refractivity contribution in [3.05, 3.63) is 34.3 Å². The SMILES string of the molecule is CCC(NC1CC(C)CC(C)C1)c1ccc(Br)cc1. The first-order valence-corrected chi connectivity index (χ1v) is 8.39. The Labute approximate surface area is 126 Å². The van der Waals surface area contributed by atoms with E-state index in [1.807, 2.05) is 0 Å². The Balaban J connectivity index is 2.00. The Morgan fingerprint density at radius 1 is 1.11 bits per heavy atom. The molecule has 1 aliphatic rings. The summed E-state index contributed by atoms with van der Waals surface area (Å²) in [4.78, 5) is 0. The summed E-state index contributed by atoms with van der Waals surface area (Å²) in [6, 6.07) is 9.95. The van der Waals surface area contributed by atoms with Crippen LogP contribution in [0.2, 0.25) is 0 Å². The van der Waals surface area contributed by atoms with Gasteiger partial charge in [-0.2, -0.15) is 0 Å². The van der Waals surface area contributed by atoms with Gasteiger partial charge in [-0.3, -0.25) is 0 Å². The van der Waals surface area contributed by atoms with Crippen LogP contribution in [-0.2, 0) is 0 Å². The first-order valence-electron chi connectivity index (χ1n) is 7.60. The van der Waals surface area contributed by atoms with Gasteiger partial charge in [-0.25, -0.2) is 0 Å². The predicted octanol–water partition coefficient (Wildman–Crippen LogP) is 5.31. The summed E-state index contributed by atoms with van der Waals surface area (Å²) >= 11 is 3.51. The fourth-order valence-corrected chi connectivity index (χ4v) is 3.78. The predicted molar refractivity (Wildman–Crippen MR) is 86.3 cm³/mol. The standard InChI is InChI=1S/C17H26BrN/c1-4-17(14-5-7-15(18)8-6-14)19-16-10-12(2)9-13(3)11-16/h5-8,12-13,16-17,19H,4,9-11H2,1-3H3. The zero-order valence-electron chi connectivity index (χ0n) is 12.3. The van der Waals surface area contributed by atoms with E-state index in [0.29, 0.717) is 12.1 Å². The van der Waals surface area contributed by atoms with E-state index in [1.165, 1.54) is 24.8 Å². The van der Waals surface area contributed by atoms with E-state index in [2.05, 4.69) is 66.3 Å². The minimum atomic E-state index is 0.496. The van der Waals surface area contributed by atoms with Crippen molar-refractivity contribution in [1.29, 1.82) is 0 Å². The molecule has 106 valence electrons. The molecule has 2 heteroatoms. The van der Waals surface area contributed by atoms with E-state index >= 15 is 0 Å². The van der Waals surface area contributed by atoms with Crippen LogP contribution in [0.25, 0.3) is 0 Å².